The second-order valence-corrected chi connectivity index (χ2v) is 4.69. The van der Waals surface area contributed by atoms with Crippen molar-refractivity contribution >= 4 is 65.9 Å². The van der Waals surface area contributed by atoms with E-state index < -0.39 is 11.7 Å². The second kappa shape index (κ2) is 7.55. The van der Waals surface area contributed by atoms with Crippen LogP contribution in [-0.4, -0.2) is 48.8 Å². The number of azo groups is 1. The fraction of sp³-hybridized carbons (Fsp3) is 0. The number of carbonyl (C=O) groups is 1. The number of benzene rings is 3. The Morgan fingerprint density at radius 1 is 0.957 bits per heavy atom. The minimum atomic E-state index is -1.23. The zero-order valence-corrected chi connectivity index (χ0v) is 14.3. The Labute approximate surface area is 162 Å². The molecule has 0 radical (unpaired) electrons. The van der Waals surface area contributed by atoms with E-state index in [4.69, 9.17) is 5.11 Å². The first-order chi connectivity index (χ1) is 10.6. The third kappa shape index (κ3) is 3.88. The second-order valence-electron chi connectivity index (χ2n) is 4.69. The van der Waals surface area contributed by atoms with Crippen LogP contribution in [0.15, 0.2) is 70.9 Å². The Bertz CT molecular complexity index is 880. The van der Waals surface area contributed by atoms with Crippen molar-refractivity contribution in [1.82, 2.24) is 0 Å². The number of hydrogen-bond acceptors (Lipinski definition) is 4. The van der Waals surface area contributed by atoms with Crippen LogP contribution in [0.5, 0.6) is 5.75 Å². The Kier molecular flexibility index (Phi) is 5.71. The summed E-state index contributed by atoms with van der Waals surface area (Å²) in [6.07, 6.45) is 0. The first-order valence-electron chi connectivity index (χ1n) is 6.59. The summed E-state index contributed by atoms with van der Waals surface area (Å²) in [5, 5.41) is 30.4. The molecule has 6 heteroatoms. The zero-order chi connectivity index (χ0) is 15.5. The van der Waals surface area contributed by atoms with Gasteiger partial charge in [-0.3, -0.25) is 0 Å². The van der Waals surface area contributed by atoms with E-state index in [0.29, 0.717) is 22.1 Å². The maximum absolute atomic E-state index is 11.8. The molecule has 0 fully saturated rings. The average molecular weight is 331 g/mol. The van der Waals surface area contributed by atoms with Gasteiger partial charge in [-0.2, -0.15) is 5.11 Å². The minimum absolute atomic E-state index is 0. The first-order valence-corrected chi connectivity index (χ1v) is 6.59. The van der Waals surface area contributed by atoms with Gasteiger partial charge in [0.1, 0.15) is 0 Å². The molecule has 3 aromatic rings. The van der Waals surface area contributed by atoms with Gasteiger partial charge in [0, 0.05) is 5.39 Å². The molecular weight excluding hydrogens is 320 g/mol. The summed E-state index contributed by atoms with van der Waals surface area (Å²) in [4.78, 5) is 11.0. The molecule has 0 aromatic heterocycles. The van der Waals surface area contributed by atoms with Crippen LogP contribution in [-0.2, 0) is 0 Å². The van der Waals surface area contributed by atoms with E-state index >= 15 is 0 Å². The molecule has 0 aliphatic rings. The molecule has 0 aliphatic heterocycles. The molecule has 0 heterocycles. The number of carboxylic acids is 1. The molecular formula is C17H11CaN2O3+. The van der Waals surface area contributed by atoms with Crippen LogP contribution in [0.2, 0.25) is 0 Å². The summed E-state index contributed by atoms with van der Waals surface area (Å²) in [6, 6.07) is 17.1. The van der Waals surface area contributed by atoms with Crippen molar-refractivity contribution in [2.24, 2.45) is 10.2 Å². The van der Waals surface area contributed by atoms with E-state index in [9.17, 15) is 9.90 Å². The summed E-state index contributed by atoms with van der Waals surface area (Å²) in [7, 11) is 0. The van der Waals surface area contributed by atoms with Crippen LogP contribution in [0.4, 0.5) is 11.4 Å². The van der Waals surface area contributed by atoms with Crippen LogP contribution in [0.25, 0.3) is 10.8 Å². The molecule has 0 amide bonds. The van der Waals surface area contributed by atoms with E-state index in [1.54, 1.807) is 18.2 Å². The van der Waals surface area contributed by atoms with Gasteiger partial charge in [0.05, 0.1) is 16.9 Å². The summed E-state index contributed by atoms with van der Waals surface area (Å²) >= 11 is 0. The summed E-state index contributed by atoms with van der Waals surface area (Å²) in [6.45, 7) is 0. The summed E-state index contributed by atoms with van der Waals surface area (Å²) in [5.74, 6) is -1.77. The van der Waals surface area contributed by atoms with Crippen molar-refractivity contribution in [1.29, 1.82) is 0 Å². The molecule has 0 saturated heterocycles. The number of rotatable bonds is 3. The van der Waals surface area contributed by atoms with E-state index in [2.05, 4.69) is 10.2 Å². The van der Waals surface area contributed by atoms with Gasteiger partial charge in [-0.05, 0) is 29.7 Å². The predicted molar refractivity (Wildman–Crippen MR) is 86.7 cm³/mol. The maximum atomic E-state index is 11.8. The van der Waals surface area contributed by atoms with Crippen LogP contribution in [0.1, 0.15) is 10.4 Å². The number of nitrogens with zero attached hydrogens (tertiary/aromatic N) is 2. The molecule has 3 rings (SSSR count). The molecule has 0 atom stereocenters. The standard InChI is InChI=1S/C17H12N2O3.Ca/c20-16-10-13-11(9-14(16)17(21)22)5-4-8-15(13)19-18-12-6-2-1-3-7-12;/h1-10,20H,(H,21,22);/q;+2/p-1. The van der Waals surface area contributed by atoms with Crippen molar-refractivity contribution in [3.8, 4) is 5.75 Å². The van der Waals surface area contributed by atoms with Crippen LogP contribution >= 0.6 is 0 Å². The molecule has 3 aromatic carbocycles. The van der Waals surface area contributed by atoms with Crippen molar-refractivity contribution in [3.05, 3.63) is 66.2 Å². The zero-order valence-electron chi connectivity index (χ0n) is 12.1. The normalized spacial score (nSPS) is 10.6. The Morgan fingerprint density at radius 3 is 2.39 bits per heavy atom. The SMILES string of the molecule is O=C(O)c1cc2cccc(N=Nc3ccccc3)c2cc1[O-].[Ca+2]. The smallest absolute Gasteiger partial charge is 0.872 e. The Balaban J connectivity index is 0.00000192. The van der Waals surface area contributed by atoms with E-state index in [1.807, 2.05) is 30.3 Å². The Morgan fingerprint density at radius 2 is 1.70 bits per heavy atom. The molecule has 5 nitrogen and oxygen atoms in total. The molecule has 108 valence electrons. The first kappa shape index (κ1) is 17.4. The van der Waals surface area contributed by atoms with Gasteiger partial charge in [-0.25, -0.2) is 4.79 Å². The number of fused-ring (bicyclic) bond motifs is 1. The van der Waals surface area contributed by atoms with Gasteiger partial charge in [0.25, 0.3) is 0 Å². The fourth-order valence-electron chi connectivity index (χ4n) is 2.15. The number of aromatic carboxylic acids is 1. The summed E-state index contributed by atoms with van der Waals surface area (Å²) < 4.78 is 0. The number of carboxylic acid groups (broad SMARTS) is 1. The van der Waals surface area contributed by atoms with Gasteiger partial charge in [-0.1, -0.05) is 42.1 Å². The van der Waals surface area contributed by atoms with Gasteiger partial charge >= 0.3 is 43.7 Å². The van der Waals surface area contributed by atoms with Gasteiger partial charge < -0.3 is 10.2 Å². The molecule has 0 unspecified atom stereocenters. The summed E-state index contributed by atoms with van der Waals surface area (Å²) in [5.41, 5.74) is 0.976. The molecule has 0 bridgehead atoms. The largest absolute Gasteiger partial charge is 2.00 e. The van der Waals surface area contributed by atoms with E-state index in [1.165, 1.54) is 12.1 Å². The van der Waals surface area contributed by atoms with E-state index in [-0.39, 0.29) is 43.3 Å². The monoisotopic (exact) mass is 331 g/mol. The van der Waals surface area contributed by atoms with Crippen LogP contribution in [0, 0.1) is 0 Å². The fourth-order valence-corrected chi connectivity index (χ4v) is 2.15. The van der Waals surface area contributed by atoms with Crippen molar-refractivity contribution < 1.29 is 15.0 Å². The average Bonchev–Trinajstić information content (AvgIpc) is 2.53. The van der Waals surface area contributed by atoms with Crippen LogP contribution in [0.3, 0.4) is 0 Å². The number of hydrogen-bond donors (Lipinski definition) is 1. The Hall–Kier alpha value is -1.95. The van der Waals surface area contributed by atoms with Gasteiger partial charge in [-0.15, -0.1) is 5.11 Å². The van der Waals surface area contributed by atoms with Crippen molar-refractivity contribution in [2.75, 3.05) is 0 Å². The predicted octanol–water partition coefficient (Wildman–Crippen LogP) is 3.65. The van der Waals surface area contributed by atoms with Gasteiger partial charge in [0.2, 0.25) is 0 Å². The quantitative estimate of drug-likeness (QED) is 0.587. The molecule has 1 N–H and O–H groups in total. The maximum Gasteiger partial charge on any atom is 2.00 e. The van der Waals surface area contributed by atoms with Crippen LogP contribution < -0.4 is 5.11 Å². The third-order valence-corrected chi connectivity index (χ3v) is 3.22. The molecule has 0 aliphatic carbocycles. The van der Waals surface area contributed by atoms with E-state index in [0.717, 1.165) is 0 Å². The van der Waals surface area contributed by atoms with Crippen molar-refractivity contribution in [2.45, 2.75) is 0 Å². The third-order valence-electron chi connectivity index (χ3n) is 3.22. The minimum Gasteiger partial charge on any atom is -0.872 e. The molecule has 23 heavy (non-hydrogen) atoms. The molecule has 0 saturated carbocycles. The van der Waals surface area contributed by atoms with Gasteiger partial charge in [0.15, 0.2) is 0 Å². The molecule has 0 spiro atoms. The topological polar surface area (TPSA) is 85.1 Å². The van der Waals surface area contributed by atoms with Crippen molar-refractivity contribution in [3.63, 3.8) is 0 Å².